The first-order valence-electron chi connectivity index (χ1n) is 6.93. The van der Waals surface area contributed by atoms with Gasteiger partial charge in [0.05, 0.1) is 5.56 Å². The Bertz CT molecular complexity index is 844. The fourth-order valence-electron chi connectivity index (χ4n) is 2.20. The van der Waals surface area contributed by atoms with Gasteiger partial charge < -0.3 is 5.32 Å². The normalized spacial score (nSPS) is 10.7. The number of nitrogens with one attached hydrogen (secondary N) is 1. The van der Waals surface area contributed by atoms with Crippen molar-refractivity contribution in [2.75, 3.05) is 0 Å². The van der Waals surface area contributed by atoms with E-state index in [0.29, 0.717) is 22.1 Å². The number of aryl methyl sites for hydroxylation is 1. The number of hydrogen-bond acceptors (Lipinski definition) is 5. The Balaban J connectivity index is 1.87. The molecule has 0 saturated heterocycles. The molecule has 0 fully saturated rings. The highest BCUT2D eigenvalue weighted by Crippen LogP contribution is 2.30. The van der Waals surface area contributed by atoms with E-state index in [1.165, 1.54) is 22.3 Å². The molecule has 1 aromatic carbocycles. The number of halogens is 1. The number of carbonyl (C=O) groups excluding carboxylic acids is 1. The lowest BCUT2D eigenvalue weighted by Crippen LogP contribution is -2.24. The first kappa shape index (κ1) is 15.6. The Morgan fingerprint density at radius 2 is 2.13 bits per heavy atom. The number of nitrogens with zero attached hydrogens (tertiary/aromatic N) is 4. The van der Waals surface area contributed by atoms with Crippen molar-refractivity contribution in [1.82, 2.24) is 25.5 Å². The minimum atomic E-state index is -0.169. The number of thiophene rings is 1. The average Bonchev–Trinajstić information content (AvgIpc) is 3.15. The van der Waals surface area contributed by atoms with Gasteiger partial charge in [0.1, 0.15) is 11.3 Å². The van der Waals surface area contributed by atoms with Crippen LogP contribution < -0.4 is 5.32 Å². The Morgan fingerprint density at radius 3 is 2.83 bits per heavy atom. The Hall–Kier alpha value is -2.25. The molecular weight excluding hydrogens is 334 g/mol. The van der Waals surface area contributed by atoms with Crippen molar-refractivity contribution in [3.8, 4) is 5.00 Å². The van der Waals surface area contributed by atoms with Gasteiger partial charge in [-0.25, -0.2) is 0 Å². The van der Waals surface area contributed by atoms with Gasteiger partial charge in [-0.1, -0.05) is 29.8 Å². The SMILES string of the molecule is Cc1sc(-n2cnnn2)c(C(=O)NCc2ccccc2Cl)c1C. The number of tetrazole rings is 1. The predicted octanol–water partition coefficient (Wildman–Crippen LogP) is 2.92. The van der Waals surface area contributed by atoms with E-state index in [9.17, 15) is 4.79 Å². The summed E-state index contributed by atoms with van der Waals surface area (Å²) < 4.78 is 1.51. The molecule has 2 aromatic heterocycles. The Morgan fingerprint density at radius 1 is 1.35 bits per heavy atom. The molecule has 0 saturated carbocycles. The molecule has 3 rings (SSSR count). The van der Waals surface area contributed by atoms with Gasteiger partial charge in [0.25, 0.3) is 5.91 Å². The molecule has 0 aliphatic rings. The van der Waals surface area contributed by atoms with Crippen LogP contribution in [0.5, 0.6) is 0 Å². The monoisotopic (exact) mass is 347 g/mol. The number of aromatic nitrogens is 4. The van der Waals surface area contributed by atoms with Crippen LogP contribution >= 0.6 is 22.9 Å². The average molecular weight is 348 g/mol. The molecule has 1 amide bonds. The molecule has 0 radical (unpaired) electrons. The topological polar surface area (TPSA) is 72.7 Å². The molecule has 0 spiro atoms. The van der Waals surface area contributed by atoms with E-state index in [1.54, 1.807) is 6.07 Å². The number of amides is 1. The van der Waals surface area contributed by atoms with Crippen molar-refractivity contribution >= 4 is 28.8 Å². The van der Waals surface area contributed by atoms with Crippen molar-refractivity contribution in [3.05, 3.63) is 57.2 Å². The molecule has 3 aromatic rings. The third-order valence-corrected chi connectivity index (χ3v) is 5.11. The second-order valence-corrected chi connectivity index (χ2v) is 6.60. The molecule has 8 heteroatoms. The lowest BCUT2D eigenvalue weighted by molar-refractivity contribution is 0.0950. The third-order valence-electron chi connectivity index (χ3n) is 3.55. The first-order valence-corrected chi connectivity index (χ1v) is 8.12. The second-order valence-electron chi connectivity index (χ2n) is 4.99. The minimum absolute atomic E-state index is 0.169. The standard InChI is InChI=1S/C15H14ClN5OS/c1-9-10(2)23-15(21-8-18-19-20-21)13(9)14(22)17-7-11-5-3-4-6-12(11)16/h3-6,8H,7H2,1-2H3,(H,17,22). The van der Waals surface area contributed by atoms with E-state index in [0.717, 1.165) is 16.0 Å². The van der Waals surface area contributed by atoms with Crippen LogP contribution in [0.2, 0.25) is 5.02 Å². The van der Waals surface area contributed by atoms with Crippen molar-refractivity contribution in [2.45, 2.75) is 20.4 Å². The fourth-order valence-corrected chi connectivity index (χ4v) is 3.47. The molecule has 23 heavy (non-hydrogen) atoms. The summed E-state index contributed by atoms with van der Waals surface area (Å²) in [6.45, 7) is 4.25. The summed E-state index contributed by atoms with van der Waals surface area (Å²) in [7, 11) is 0. The van der Waals surface area contributed by atoms with E-state index in [4.69, 9.17) is 11.6 Å². The summed E-state index contributed by atoms with van der Waals surface area (Å²) in [6, 6.07) is 7.43. The van der Waals surface area contributed by atoms with Gasteiger partial charge in [0.2, 0.25) is 0 Å². The van der Waals surface area contributed by atoms with Crippen LogP contribution in [0.4, 0.5) is 0 Å². The van der Waals surface area contributed by atoms with Crippen molar-refractivity contribution in [1.29, 1.82) is 0 Å². The summed E-state index contributed by atoms with van der Waals surface area (Å²) >= 11 is 7.61. The number of benzene rings is 1. The summed E-state index contributed by atoms with van der Waals surface area (Å²) in [4.78, 5) is 13.7. The summed E-state index contributed by atoms with van der Waals surface area (Å²) in [5.74, 6) is -0.169. The predicted molar refractivity (Wildman–Crippen MR) is 89.1 cm³/mol. The molecule has 6 nitrogen and oxygen atoms in total. The molecule has 1 N–H and O–H groups in total. The van der Waals surface area contributed by atoms with Crippen LogP contribution in [0.1, 0.15) is 26.4 Å². The van der Waals surface area contributed by atoms with E-state index in [-0.39, 0.29) is 5.91 Å². The van der Waals surface area contributed by atoms with Crippen molar-refractivity contribution in [3.63, 3.8) is 0 Å². The maximum atomic E-state index is 12.7. The molecule has 0 aliphatic heterocycles. The lowest BCUT2D eigenvalue weighted by atomic mass is 10.1. The van der Waals surface area contributed by atoms with Crippen LogP contribution in [0.3, 0.4) is 0 Å². The van der Waals surface area contributed by atoms with Crippen LogP contribution in [-0.2, 0) is 6.54 Å². The van der Waals surface area contributed by atoms with Crippen molar-refractivity contribution in [2.24, 2.45) is 0 Å². The van der Waals surface area contributed by atoms with Gasteiger partial charge in [-0.3, -0.25) is 4.79 Å². The molecular formula is C15H14ClN5OS. The Kier molecular flexibility index (Phi) is 4.40. The van der Waals surface area contributed by atoms with Gasteiger partial charge in [-0.2, -0.15) is 4.68 Å². The highest BCUT2D eigenvalue weighted by Gasteiger charge is 2.21. The molecule has 118 valence electrons. The largest absolute Gasteiger partial charge is 0.348 e. The maximum absolute atomic E-state index is 12.7. The Labute approximate surface area is 142 Å². The van der Waals surface area contributed by atoms with Crippen molar-refractivity contribution < 1.29 is 4.79 Å². The quantitative estimate of drug-likeness (QED) is 0.787. The zero-order valence-corrected chi connectivity index (χ0v) is 14.1. The molecule has 2 heterocycles. The van der Waals surface area contributed by atoms with E-state index < -0.39 is 0 Å². The maximum Gasteiger partial charge on any atom is 0.254 e. The van der Waals surface area contributed by atoms with Crippen LogP contribution in [-0.4, -0.2) is 26.1 Å². The highest BCUT2D eigenvalue weighted by molar-refractivity contribution is 7.15. The van der Waals surface area contributed by atoms with Gasteiger partial charge >= 0.3 is 0 Å². The summed E-state index contributed by atoms with van der Waals surface area (Å²) in [5, 5.41) is 15.4. The number of hydrogen-bond donors (Lipinski definition) is 1. The van der Waals surface area contributed by atoms with E-state index in [2.05, 4.69) is 20.8 Å². The first-order chi connectivity index (χ1) is 11.1. The van der Waals surface area contributed by atoms with E-state index >= 15 is 0 Å². The molecule has 0 unspecified atom stereocenters. The van der Waals surface area contributed by atoms with E-state index in [1.807, 2.05) is 32.0 Å². The van der Waals surface area contributed by atoms with Crippen LogP contribution in [0, 0.1) is 13.8 Å². The lowest BCUT2D eigenvalue weighted by Gasteiger charge is -2.08. The zero-order chi connectivity index (χ0) is 16.4. The molecule has 0 aliphatic carbocycles. The smallest absolute Gasteiger partial charge is 0.254 e. The van der Waals surface area contributed by atoms with Gasteiger partial charge in [-0.05, 0) is 41.5 Å². The van der Waals surface area contributed by atoms with Gasteiger partial charge in [0.15, 0.2) is 0 Å². The number of rotatable bonds is 4. The van der Waals surface area contributed by atoms with Crippen LogP contribution in [0.25, 0.3) is 5.00 Å². The highest BCUT2D eigenvalue weighted by atomic mass is 35.5. The summed E-state index contributed by atoms with van der Waals surface area (Å²) in [5.41, 5.74) is 2.39. The van der Waals surface area contributed by atoms with Gasteiger partial charge in [-0.15, -0.1) is 16.4 Å². The fraction of sp³-hybridized carbons (Fsp3) is 0.200. The zero-order valence-electron chi connectivity index (χ0n) is 12.6. The third kappa shape index (κ3) is 3.11. The van der Waals surface area contributed by atoms with Crippen LogP contribution in [0.15, 0.2) is 30.6 Å². The summed E-state index contributed by atoms with van der Waals surface area (Å²) in [6.07, 6.45) is 1.48. The minimum Gasteiger partial charge on any atom is -0.348 e. The number of carbonyl (C=O) groups is 1. The van der Waals surface area contributed by atoms with Gasteiger partial charge in [0, 0.05) is 16.4 Å². The molecule has 0 bridgehead atoms. The molecule has 0 atom stereocenters. The second kappa shape index (κ2) is 6.47.